The van der Waals surface area contributed by atoms with Gasteiger partial charge in [-0.05, 0) is 101 Å². The van der Waals surface area contributed by atoms with Crippen molar-refractivity contribution < 1.29 is 0 Å². The maximum atomic E-state index is 3.87. The molecule has 2 aliphatic heterocycles. The highest BCUT2D eigenvalue weighted by molar-refractivity contribution is 6.10. The lowest BCUT2D eigenvalue weighted by Gasteiger charge is -2.37. The quantitative estimate of drug-likeness (QED) is 0.188. The van der Waals surface area contributed by atoms with E-state index in [1.807, 2.05) is 0 Å². The molecule has 7 aromatic carbocycles. The number of hydrogen-bond donors (Lipinski definition) is 2. The van der Waals surface area contributed by atoms with E-state index < -0.39 is 0 Å². The molecule has 11 rings (SSSR count). The number of fused-ring (bicyclic) bond motifs is 7. The van der Waals surface area contributed by atoms with Crippen molar-refractivity contribution in [2.45, 2.75) is 24.5 Å². The maximum absolute atomic E-state index is 3.87. The first-order valence-corrected chi connectivity index (χ1v) is 18.9. The monoisotopic (exact) mass is 694 g/mol. The Morgan fingerprint density at radius 3 is 1.91 bits per heavy atom. The number of nitrogens with zero attached hydrogens (tertiary/aromatic N) is 2. The molecule has 3 atom stereocenters. The fourth-order valence-electron chi connectivity index (χ4n) is 9.10. The second kappa shape index (κ2) is 12.4. The van der Waals surface area contributed by atoms with Gasteiger partial charge in [0.15, 0.2) is 0 Å². The minimum atomic E-state index is 0.0805. The third-order valence-corrected chi connectivity index (χ3v) is 11.6. The van der Waals surface area contributed by atoms with Gasteiger partial charge in [-0.2, -0.15) is 0 Å². The van der Waals surface area contributed by atoms with Gasteiger partial charge in [-0.1, -0.05) is 121 Å². The second-order valence-electron chi connectivity index (χ2n) is 14.6. The Kier molecular flexibility index (Phi) is 7.09. The van der Waals surface area contributed by atoms with Crippen molar-refractivity contribution >= 4 is 55.7 Å². The van der Waals surface area contributed by atoms with Gasteiger partial charge in [-0.3, -0.25) is 0 Å². The second-order valence-corrected chi connectivity index (χ2v) is 14.6. The zero-order valence-electron chi connectivity index (χ0n) is 29.7. The number of hydrogen-bond acceptors (Lipinski definition) is 3. The van der Waals surface area contributed by atoms with Crippen LogP contribution in [0.25, 0.3) is 38.6 Å². The average Bonchev–Trinajstić information content (AvgIpc) is 3.76. The van der Waals surface area contributed by atoms with Crippen LogP contribution in [-0.2, 0) is 0 Å². The first-order chi connectivity index (χ1) is 26.8. The molecule has 3 aliphatic rings. The summed E-state index contributed by atoms with van der Waals surface area (Å²) in [4.78, 5) is 2.55. The number of allylic oxidation sites excluding steroid dienone is 2. The predicted molar refractivity (Wildman–Crippen MR) is 226 cm³/mol. The molecule has 0 saturated heterocycles. The minimum Gasteiger partial charge on any atom is -0.374 e. The van der Waals surface area contributed by atoms with Crippen LogP contribution in [0.2, 0.25) is 0 Å². The highest BCUT2D eigenvalue weighted by Gasteiger charge is 2.36. The molecule has 0 spiro atoms. The lowest BCUT2D eigenvalue weighted by molar-refractivity contribution is 0.636. The molecule has 2 N–H and O–H groups in total. The molecule has 1 aromatic heterocycles. The van der Waals surface area contributed by atoms with Crippen LogP contribution in [-0.4, -0.2) is 10.6 Å². The average molecular weight is 695 g/mol. The van der Waals surface area contributed by atoms with Crippen molar-refractivity contribution in [1.29, 1.82) is 0 Å². The first kappa shape index (κ1) is 30.8. The Hall–Kier alpha value is -6.78. The number of rotatable bonds is 5. The molecule has 4 nitrogen and oxygen atoms in total. The van der Waals surface area contributed by atoms with Crippen LogP contribution in [0.5, 0.6) is 0 Å². The third-order valence-electron chi connectivity index (χ3n) is 11.6. The molecule has 3 unspecified atom stereocenters. The van der Waals surface area contributed by atoms with Crippen LogP contribution in [0.3, 0.4) is 0 Å². The van der Waals surface area contributed by atoms with Crippen LogP contribution in [0.1, 0.15) is 40.8 Å². The predicted octanol–water partition coefficient (Wildman–Crippen LogP) is 12.5. The van der Waals surface area contributed by atoms with Crippen LogP contribution < -0.4 is 15.5 Å². The summed E-state index contributed by atoms with van der Waals surface area (Å²) >= 11 is 0. The van der Waals surface area contributed by atoms with Crippen molar-refractivity contribution in [2.75, 3.05) is 15.5 Å². The summed E-state index contributed by atoms with van der Waals surface area (Å²) in [6.45, 7) is 0. The van der Waals surface area contributed by atoms with Crippen molar-refractivity contribution in [1.82, 2.24) is 4.57 Å². The van der Waals surface area contributed by atoms with Crippen molar-refractivity contribution in [2.24, 2.45) is 0 Å². The summed E-state index contributed by atoms with van der Waals surface area (Å²) in [5.74, 6) is 0. The highest BCUT2D eigenvalue weighted by Crippen LogP contribution is 2.50. The van der Waals surface area contributed by atoms with E-state index in [1.165, 1.54) is 72.3 Å². The van der Waals surface area contributed by atoms with Gasteiger partial charge in [-0.25, -0.2) is 0 Å². The SMILES string of the molecule is C1=C(c2ccc3c(c2)c2ccccc2n3-c2ccccc2)C=C2c3ccccc3N(c3ccc(C4Nc5ccccc5NC4c4ccccc4)cc3)C2C1. The number of anilines is 4. The smallest absolute Gasteiger partial charge is 0.0758 e. The molecule has 258 valence electrons. The zero-order chi connectivity index (χ0) is 35.6. The molecule has 0 radical (unpaired) electrons. The third kappa shape index (κ3) is 4.91. The van der Waals surface area contributed by atoms with Gasteiger partial charge in [-0.15, -0.1) is 0 Å². The Morgan fingerprint density at radius 2 is 1.13 bits per heavy atom. The minimum absolute atomic E-state index is 0.0805. The molecule has 0 saturated carbocycles. The molecular weight excluding hydrogens is 657 g/mol. The fraction of sp³-hybridized carbons (Fsp3) is 0.0800. The normalized spacial score (nSPS) is 18.6. The van der Waals surface area contributed by atoms with Gasteiger partial charge in [0.1, 0.15) is 0 Å². The first-order valence-electron chi connectivity index (χ1n) is 18.9. The number of aromatic nitrogens is 1. The zero-order valence-corrected chi connectivity index (χ0v) is 29.7. The van der Waals surface area contributed by atoms with E-state index >= 15 is 0 Å². The Bertz CT molecular complexity index is 2760. The van der Waals surface area contributed by atoms with Gasteiger partial charge in [0, 0.05) is 33.4 Å². The topological polar surface area (TPSA) is 32.2 Å². The van der Waals surface area contributed by atoms with Gasteiger partial charge in [0.2, 0.25) is 0 Å². The fourth-order valence-corrected chi connectivity index (χ4v) is 9.10. The summed E-state index contributed by atoms with van der Waals surface area (Å²) in [6.07, 6.45) is 5.82. The molecule has 8 aromatic rings. The lowest BCUT2D eigenvalue weighted by Crippen LogP contribution is -2.30. The molecule has 0 fully saturated rings. The van der Waals surface area contributed by atoms with Crippen LogP contribution in [0, 0.1) is 0 Å². The summed E-state index contributed by atoms with van der Waals surface area (Å²) in [5, 5.41) is 10.3. The van der Waals surface area contributed by atoms with E-state index in [0.29, 0.717) is 0 Å². The Labute approximate surface area is 315 Å². The largest absolute Gasteiger partial charge is 0.374 e. The molecule has 4 heteroatoms. The summed E-state index contributed by atoms with van der Waals surface area (Å²) in [6, 6.07) is 64.3. The van der Waals surface area contributed by atoms with E-state index in [-0.39, 0.29) is 18.1 Å². The van der Waals surface area contributed by atoms with E-state index in [4.69, 9.17) is 0 Å². The summed E-state index contributed by atoms with van der Waals surface area (Å²) in [5.41, 5.74) is 16.2. The Morgan fingerprint density at radius 1 is 0.500 bits per heavy atom. The number of benzene rings is 7. The Balaban J connectivity index is 0.936. The van der Waals surface area contributed by atoms with E-state index in [1.54, 1.807) is 0 Å². The molecule has 3 heterocycles. The lowest BCUT2D eigenvalue weighted by atomic mass is 9.88. The molecule has 0 bridgehead atoms. The molecule has 1 aliphatic carbocycles. The number of para-hydroxylation sites is 5. The maximum Gasteiger partial charge on any atom is 0.0758 e. The van der Waals surface area contributed by atoms with E-state index in [0.717, 1.165) is 17.8 Å². The van der Waals surface area contributed by atoms with Gasteiger partial charge in [0.05, 0.1) is 40.5 Å². The molecule has 54 heavy (non-hydrogen) atoms. The summed E-state index contributed by atoms with van der Waals surface area (Å²) < 4.78 is 2.39. The van der Waals surface area contributed by atoms with Gasteiger partial charge < -0.3 is 20.1 Å². The molecule has 0 amide bonds. The van der Waals surface area contributed by atoms with E-state index in [9.17, 15) is 0 Å². The van der Waals surface area contributed by atoms with Crippen LogP contribution in [0.4, 0.5) is 22.7 Å². The van der Waals surface area contributed by atoms with Gasteiger partial charge >= 0.3 is 0 Å². The van der Waals surface area contributed by atoms with Gasteiger partial charge in [0.25, 0.3) is 0 Å². The summed E-state index contributed by atoms with van der Waals surface area (Å²) in [7, 11) is 0. The molecular formula is C50H38N4. The van der Waals surface area contributed by atoms with Crippen molar-refractivity contribution in [3.05, 3.63) is 210 Å². The number of nitrogens with one attached hydrogen (secondary N) is 2. The van der Waals surface area contributed by atoms with E-state index in [2.05, 4.69) is 208 Å². The van der Waals surface area contributed by atoms with Crippen molar-refractivity contribution in [3.63, 3.8) is 0 Å². The van der Waals surface area contributed by atoms with Crippen LogP contribution in [0.15, 0.2) is 188 Å². The van der Waals surface area contributed by atoms with Crippen molar-refractivity contribution in [3.8, 4) is 5.69 Å². The standard InChI is InChI=1S/C50H38N4/c1-3-13-33(14-4-1)49-50(52-44-20-10-9-19-43(44)51-49)34-23-27-38(28-24-34)54-46-22-12-8-18-40(46)42-32-36(26-30-48(42)54)35-25-29-47-41(31-35)39-17-7-11-21-45(39)53(47)37-15-5-2-6-16-37/h1-29,31-32,48-52H,30H2. The van der Waals surface area contributed by atoms with Crippen LogP contribution >= 0.6 is 0 Å². The highest BCUT2D eigenvalue weighted by atomic mass is 15.2.